The molecule has 0 unspecified atom stereocenters. The number of rotatable bonds is 6. The van der Waals surface area contributed by atoms with Gasteiger partial charge in [-0.2, -0.15) is 0 Å². The number of hydrogen-bond donors (Lipinski definition) is 1. The van der Waals surface area contributed by atoms with Gasteiger partial charge in [0, 0.05) is 40.8 Å². The molecule has 0 saturated carbocycles. The van der Waals surface area contributed by atoms with Crippen molar-refractivity contribution in [2.45, 2.75) is 13.3 Å². The van der Waals surface area contributed by atoms with Gasteiger partial charge in [0.15, 0.2) is 6.61 Å². The van der Waals surface area contributed by atoms with Crippen LogP contribution in [0.5, 0.6) is 11.5 Å². The van der Waals surface area contributed by atoms with Crippen molar-refractivity contribution in [2.24, 2.45) is 0 Å². The van der Waals surface area contributed by atoms with Gasteiger partial charge in [0.05, 0.1) is 6.61 Å². The molecular weight excluding hydrogens is 388 g/mol. The van der Waals surface area contributed by atoms with E-state index in [-0.39, 0.29) is 12.5 Å². The van der Waals surface area contributed by atoms with Crippen LogP contribution >= 0.6 is 11.6 Å². The fraction of sp³-hybridized carbons (Fsp3) is 0.261. The quantitative estimate of drug-likeness (QED) is 0.627. The number of nitrogens with one attached hydrogen (secondary N) is 1. The van der Waals surface area contributed by atoms with Crippen LogP contribution < -0.4 is 9.47 Å². The Morgan fingerprint density at radius 3 is 2.59 bits per heavy atom. The van der Waals surface area contributed by atoms with Crippen molar-refractivity contribution in [3.05, 3.63) is 65.3 Å². The molecule has 0 radical (unpaired) electrons. The minimum atomic E-state index is -0.0174. The van der Waals surface area contributed by atoms with E-state index in [9.17, 15) is 4.79 Å². The summed E-state index contributed by atoms with van der Waals surface area (Å²) < 4.78 is 11.0. The molecule has 4 rings (SSSR count). The zero-order valence-corrected chi connectivity index (χ0v) is 17.0. The van der Waals surface area contributed by atoms with Crippen LogP contribution in [0, 0.1) is 0 Å². The molecule has 5 nitrogen and oxygen atoms in total. The average molecular weight is 411 g/mol. The van der Waals surface area contributed by atoms with Crippen LogP contribution in [0.3, 0.4) is 0 Å². The van der Waals surface area contributed by atoms with Crippen molar-refractivity contribution < 1.29 is 14.3 Å². The summed E-state index contributed by atoms with van der Waals surface area (Å²) in [6.45, 7) is 3.84. The lowest BCUT2D eigenvalue weighted by molar-refractivity contribution is -0.132. The van der Waals surface area contributed by atoms with Gasteiger partial charge >= 0.3 is 0 Å². The maximum atomic E-state index is 12.5. The van der Waals surface area contributed by atoms with E-state index >= 15 is 0 Å². The number of H-pyrrole nitrogens is 1. The summed E-state index contributed by atoms with van der Waals surface area (Å²) in [6.07, 6.45) is 4.93. The number of amides is 1. The Bertz CT molecular complexity index is 1040. The van der Waals surface area contributed by atoms with Crippen LogP contribution in [-0.2, 0) is 4.79 Å². The number of halogens is 1. The first-order valence-corrected chi connectivity index (χ1v) is 10.1. The van der Waals surface area contributed by atoms with Crippen molar-refractivity contribution in [1.82, 2.24) is 9.88 Å². The Hall–Kier alpha value is -2.92. The smallest absolute Gasteiger partial charge is 0.260 e. The van der Waals surface area contributed by atoms with Crippen LogP contribution in [0.1, 0.15) is 18.9 Å². The Labute approximate surface area is 174 Å². The predicted molar refractivity (Wildman–Crippen MR) is 116 cm³/mol. The maximum Gasteiger partial charge on any atom is 0.260 e. The van der Waals surface area contributed by atoms with Gasteiger partial charge in [-0.25, -0.2) is 0 Å². The minimum absolute atomic E-state index is 0.0174. The molecule has 0 bridgehead atoms. The van der Waals surface area contributed by atoms with Crippen molar-refractivity contribution in [2.75, 3.05) is 26.3 Å². The Morgan fingerprint density at radius 1 is 1.14 bits per heavy atom. The summed E-state index contributed by atoms with van der Waals surface area (Å²) in [7, 11) is 0. The molecule has 2 heterocycles. The van der Waals surface area contributed by atoms with E-state index in [4.69, 9.17) is 21.1 Å². The largest absolute Gasteiger partial charge is 0.494 e. The van der Waals surface area contributed by atoms with Crippen molar-refractivity contribution in [1.29, 1.82) is 0 Å². The van der Waals surface area contributed by atoms with Gasteiger partial charge in [-0.15, -0.1) is 0 Å². The lowest BCUT2D eigenvalue weighted by Crippen LogP contribution is -2.37. The van der Waals surface area contributed by atoms with E-state index in [0.29, 0.717) is 25.4 Å². The second-order valence-corrected chi connectivity index (χ2v) is 7.34. The SMILES string of the molecule is CCOc1ccc(OCC(=O)N2CC=C(c3c[nH]c4ccc(Cl)cc34)CC2)cc1. The fourth-order valence-electron chi connectivity index (χ4n) is 3.53. The van der Waals surface area contributed by atoms with Crippen molar-refractivity contribution in [3.8, 4) is 11.5 Å². The monoisotopic (exact) mass is 410 g/mol. The third-order valence-corrected chi connectivity index (χ3v) is 5.28. The summed E-state index contributed by atoms with van der Waals surface area (Å²) in [5.74, 6) is 1.43. The molecule has 1 aromatic heterocycles. The van der Waals surface area contributed by atoms with Gasteiger partial charge in [0.2, 0.25) is 0 Å². The lowest BCUT2D eigenvalue weighted by Gasteiger charge is -2.26. The maximum absolute atomic E-state index is 12.5. The second-order valence-electron chi connectivity index (χ2n) is 6.90. The van der Waals surface area contributed by atoms with Crippen LogP contribution in [0.25, 0.3) is 16.5 Å². The van der Waals surface area contributed by atoms with Crippen LogP contribution in [0.15, 0.2) is 54.7 Å². The molecule has 0 fully saturated rings. The summed E-state index contributed by atoms with van der Waals surface area (Å²) in [4.78, 5) is 17.6. The fourth-order valence-corrected chi connectivity index (χ4v) is 3.71. The van der Waals surface area contributed by atoms with Gasteiger partial charge in [-0.05, 0) is 61.4 Å². The first-order valence-electron chi connectivity index (χ1n) is 9.73. The molecule has 2 aromatic carbocycles. The van der Waals surface area contributed by atoms with Gasteiger partial charge in [0.25, 0.3) is 5.91 Å². The molecule has 6 heteroatoms. The van der Waals surface area contributed by atoms with E-state index in [1.54, 1.807) is 0 Å². The van der Waals surface area contributed by atoms with Crippen molar-refractivity contribution in [3.63, 3.8) is 0 Å². The van der Waals surface area contributed by atoms with E-state index in [2.05, 4.69) is 11.1 Å². The highest BCUT2D eigenvalue weighted by molar-refractivity contribution is 6.31. The minimum Gasteiger partial charge on any atom is -0.494 e. The van der Waals surface area contributed by atoms with E-state index in [1.807, 2.05) is 60.5 Å². The third-order valence-electron chi connectivity index (χ3n) is 5.05. The zero-order chi connectivity index (χ0) is 20.2. The first kappa shape index (κ1) is 19.4. The predicted octanol–water partition coefficient (Wildman–Crippen LogP) is 4.91. The molecule has 1 amide bonds. The summed E-state index contributed by atoms with van der Waals surface area (Å²) in [5, 5.41) is 1.83. The number of hydrogen-bond acceptors (Lipinski definition) is 3. The van der Waals surface area contributed by atoms with E-state index < -0.39 is 0 Å². The molecule has 150 valence electrons. The van der Waals surface area contributed by atoms with Crippen LogP contribution in [-0.4, -0.2) is 42.1 Å². The molecule has 0 saturated heterocycles. The van der Waals surface area contributed by atoms with Crippen LogP contribution in [0.2, 0.25) is 5.02 Å². The first-order chi connectivity index (χ1) is 14.1. The topological polar surface area (TPSA) is 54.6 Å². The molecule has 1 aliphatic heterocycles. The van der Waals surface area contributed by atoms with Crippen LogP contribution in [0.4, 0.5) is 0 Å². The van der Waals surface area contributed by atoms with E-state index in [1.165, 1.54) is 5.57 Å². The van der Waals surface area contributed by atoms with Gasteiger partial charge < -0.3 is 19.4 Å². The van der Waals surface area contributed by atoms with Gasteiger partial charge in [0.1, 0.15) is 11.5 Å². The molecule has 3 aromatic rings. The summed E-state index contributed by atoms with van der Waals surface area (Å²) >= 11 is 6.15. The average Bonchev–Trinajstić information content (AvgIpc) is 3.16. The standard InChI is InChI=1S/C23H23ClN2O3/c1-2-28-18-4-6-19(7-5-18)29-15-23(27)26-11-9-16(10-12-26)21-14-25-22-8-3-17(24)13-20(21)22/h3-9,13-14,25H,2,10-12,15H2,1H3. The molecule has 1 N–H and O–H groups in total. The number of benzene rings is 2. The Kier molecular flexibility index (Phi) is 5.76. The number of aromatic amines is 1. The second kappa shape index (κ2) is 8.62. The summed E-state index contributed by atoms with van der Waals surface area (Å²) in [5.41, 5.74) is 3.45. The molecule has 29 heavy (non-hydrogen) atoms. The zero-order valence-electron chi connectivity index (χ0n) is 16.3. The Balaban J connectivity index is 1.36. The Morgan fingerprint density at radius 2 is 1.90 bits per heavy atom. The highest BCUT2D eigenvalue weighted by Crippen LogP contribution is 2.31. The van der Waals surface area contributed by atoms with E-state index in [0.717, 1.165) is 33.7 Å². The molecule has 1 aliphatic rings. The van der Waals surface area contributed by atoms with Gasteiger partial charge in [-0.1, -0.05) is 17.7 Å². The number of aromatic nitrogens is 1. The van der Waals surface area contributed by atoms with Gasteiger partial charge in [-0.3, -0.25) is 4.79 Å². The molecular formula is C23H23ClN2O3. The normalized spacial score (nSPS) is 14.0. The lowest BCUT2D eigenvalue weighted by atomic mass is 9.99. The number of carbonyl (C=O) groups excluding carboxylic acids is 1. The molecule has 0 atom stereocenters. The molecule has 0 aliphatic carbocycles. The van der Waals surface area contributed by atoms with Crippen molar-refractivity contribution >= 4 is 34.0 Å². The number of ether oxygens (including phenoxy) is 2. The third kappa shape index (κ3) is 4.40. The number of carbonyl (C=O) groups is 1. The molecule has 0 spiro atoms. The highest BCUT2D eigenvalue weighted by Gasteiger charge is 2.20. The highest BCUT2D eigenvalue weighted by atomic mass is 35.5. The number of nitrogens with zero attached hydrogens (tertiary/aromatic N) is 1. The summed E-state index contributed by atoms with van der Waals surface area (Å²) in [6, 6.07) is 13.1. The number of fused-ring (bicyclic) bond motifs is 1.